The van der Waals surface area contributed by atoms with Gasteiger partial charge in [-0.05, 0) is 38.8 Å². The highest BCUT2D eigenvalue weighted by Crippen LogP contribution is 2.35. The van der Waals surface area contributed by atoms with Gasteiger partial charge in [-0.25, -0.2) is 0 Å². The lowest BCUT2D eigenvalue weighted by Crippen LogP contribution is -2.37. The maximum Gasteiger partial charge on any atom is 0.191 e. The summed E-state index contributed by atoms with van der Waals surface area (Å²) in [6, 6.07) is 4.21. The number of benzene rings is 1. The van der Waals surface area contributed by atoms with E-state index in [2.05, 4.69) is 40.8 Å². The molecule has 2 N–H and O–H groups in total. The van der Waals surface area contributed by atoms with E-state index in [0.29, 0.717) is 13.2 Å². The molecular formula is C21H31N3O3. The Kier molecular flexibility index (Phi) is 6.98. The summed E-state index contributed by atoms with van der Waals surface area (Å²) in [5, 5.41) is 6.77. The molecule has 0 spiro atoms. The molecule has 2 aliphatic heterocycles. The van der Waals surface area contributed by atoms with Gasteiger partial charge in [0.05, 0.1) is 19.8 Å². The van der Waals surface area contributed by atoms with Crippen LogP contribution in [0.4, 0.5) is 0 Å². The van der Waals surface area contributed by atoms with E-state index >= 15 is 0 Å². The van der Waals surface area contributed by atoms with Crippen LogP contribution in [-0.4, -0.2) is 45.5 Å². The van der Waals surface area contributed by atoms with Crippen molar-refractivity contribution in [3.05, 3.63) is 34.9 Å². The Labute approximate surface area is 162 Å². The van der Waals surface area contributed by atoms with Gasteiger partial charge in [0.2, 0.25) is 0 Å². The van der Waals surface area contributed by atoms with Gasteiger partial charge >= 0.3 is 0 Å². The van der Waals surface area contributed by atoms with Crippen molar-refractivity contribution in [1.82, 2.24) is 10.6 Å². The fourth-order valence-corrected chi connectivity index (χ4v) is 3.44. The monoisotopic (exact) mass is 373 g/mol. The standard InChI is InChI=1S/C21H31N3O3/c1-4-26-19-12-17-11-15(2)27-20(17)13-18(19)14-24-21(22-3)23-8-5-16-6-9-25-10-7-16/h6,12-13,15H,4-5,7-11,14H2,1-3H3,(H2,22,23,24). The minimum absolute atomic E-state index is 0.228. The van der Waals surface area contributed by atoms with E-state index in [9.17, 15) is 0 Å². The van der Waals surface area contributed by atoms with E-state index in [0.717, 1.165) is 62.0 Å². The zero-order valence-corrected chi connectivity index (χ0v) is 16.6. The summed E-state index contributed by atoms with van der Waals surface area (Å²) in [7, 11) is 1.79. The summed E-state index contributed by atoms with van der Waals surface area (Å²) in [4.78, 5) is 4.32. The molecule has 0 radical (unpaired) electrons. The fourth-order valence-electron chi connectivity index (χ4n) is 3.44. The van der Waals surface area contributed by atoms with E-state index in [1.54, 1.807) is 7.05 Å². The van der Waals surface area contributed by atoms with Crippen molar-refractivity contribution in [2.75, 3.05) is 33.4 Å². The number of guanidine groups is 1. The average molecular weight is 373 g/mol. The summed E-state index contributed by atoms with van der Waals surface area (Å²) < 4.78 is 17.1. The van der Waals surface area contributed by atoms with Crippen molar-refractivity contribution in [3.8, 4) is 11.5 Å². The number of ether oxygens (including phenoxy) is 3. The van der Waals surface area contributed by atoms with Gasteiger partial charge in [-0.15, -0.1) is 0 Å². The first-order valence-electron chi connectivity index (χ1n) is 9.85. The highest BCUT2D eigenvalue weighted by Gasteiger charge is 2.21. The summed E-state index contributed by atoms with van der Waals surface area (Å²) in [5.41, 5.74) is 3.76. The average Bonchev–Trinajstić information content (AvgIpc) is 3.04. The van der Waals surface area contributed by atoms with Gasteiger partial charge in [-0.1, -0.05) is 11.6 Å². The quantitative estimate of drug-likeness (QED) is 0.437. The van der Waals surface area contributed by atoms with Crippen LogP contribution in [0.15, 0.2) is 28.8 Å². The van der Waals surface area contributed by atoms with Gasteiger partial charge in [-0.2, -0.15) is 0 Å². The van der Waals surface area contributed by atoms with E-state index in [1.807, 2.05) is 6.92 Å². The smallest absolute Gasteiger partial charge is 0.191 e. The van der Waals surface area contributed by atoms with Crippen LogP contribution in [0.3, 0.4) is 0 Å². The maximum absolute atomic E-state index is 5.90. The van der Waals surface area contributed by atoms with Gasteiger partial charge in [0, 0.05) is 37.7 Å². The summed E-state index contributed by atoms with van der Waals surface area (Å²) in [6.07, 6.45) is 5.39. The molecule has 0 saturated heterocycles. The second kappa shape index (κ2) is 9.65. The molecule has 0 aliphatic carbocycles. The summed E-state index contributed by atoms with van der Waals surface area (Å²) in [5.74, 6) is 2.68. The van der Waals surface area contributed by atoms with Crippen LogP contribution in [0.1, 0.15) is 37.8 Å². The van der Waals surface area contributed by atoms with Gasteiger partial charge in [0.1, 0.15) is 17.6 Å². The highest BCUT2D eigenvalue weighted by molar-refractivity contribution is 5.79. The maximum atomic E-state index is 5.90. The van der Waals surface area contributed by atoms with Crippen LogP contribution in [0.2, 0.25) is 0 Å². The van der Waals surface area contributed by atoms with Crippen molar-refractivity contribution in [2.45, 2.75) is 45.8 Å². The molecule has 2 heterocycles. The minimum Gasteiger partial charge on any atom is -0.494 e. The van der Waals surface area contributed by atoms with Gasteiger partial charge in [0.25, 0.3) is 0 Å². The molecule has 6 nitrogen and oxygen atoms in total. The Morgan fingerprint density at radius 3 is 2.96 bits per heavy atom. The number of hydrogen-bond donors (Lipinski definition) is 2. The lowest BCUT2D eigenvalue weighted by atomic mass is 10.1. The molecule has 0 bridgehead atoms. The number of nitrogens with one attached hydrogen (secondary N) is 2. The molecule has 1 unspecified atom stereocenters. The minimum atomic E-state index is 0.228. The molecule has 0 amide bonds. The molecule has 0 aromatic heterocycles. The Morgan fingerprint density at radius 2 is 2.22 bits per heavy atom. The van der Waals surface area contributed by atoms with Crippen LogP contribution in [0.25, 0.3) is 0 Å². The van der Waals surface area contributed by atoms with Crippen molar-refractivity contribution in [2.24, 2.45) is 4.99 Å². The lowest BCUT2D eigenvalue weighted by Gasteiger charge is -2.17. The molecule has 27 heavy (non-hydrogen) atoms. The SMILES string of the molecule is CCOc1cc2c(cc1CNC(=NC)NCCC1=CCOCC1)OC(C)C2. The molecular weight excluding hydrogens is 342 g/mol. The van der Waals surface area contributed by atoms with Crippen LogP contribution < -0.4 is 20.1 Å². The predicted octanol–water partition coefficient (Wildman–Crippen LogP) is 2.81. The number of rotatable bonds is 7. The second-order valence-corrected chi connectivity index (χ2v) is 6.92. The van der Waals surface area contributed by atoms with E-state index in [4.69, 9.17) is 14.2 Å². The van der Waals surface area contributed by atoms with E-state index in [1.165, 1.54) is 11.1 Å². The Balaban J connectivity index is 1.56. The molecule has 1 aromatic rings. The summed E-state index contributed by atoms with van der Waals surface area (Å²) in [6.45, 7) is 7.81. The van der Waals surface area contributed by atoms with Crippen LogP contribution in [0.5, 0.6) is 11.5 Å². The van der Waals surface area contributed by atoms with E-state index < -0.39 is 0 Å². The topological polar surface area (TPSA) is 64.1 Å². The van der Waals surface area contributed by atoms with Gasteiger partial charge in [-0.3, -0.25) is 4.99 Å². The third-order valence-corrected chi connectivity index (χ3v) is 4.84. The number of aliphatic imine (C=N–C) groups is 1. The number of hydrogen-bond acceptors (Lipinski definition) is 4. The molecule has 0 saturated carbocycles. The molecule has 2 aliphatic rings. The number of fused-ring (bicyclic) bond motifs is 1. The highest BCUT2D eigenvalue weighted by atomic mass is 16.5. The van der Waals surface area contributed by atoms with Crippen LogP contribution in [-0.2, 0) is 17.7 Å². The fraction of sp³-hybridized carbons (Fsp3) is 0.571. The molecule has 1 atom stereocenters. The van der Waals surface area contributed by atoms with Crippen molar-refractivity contribution in [3.63, 3.8) is 0 Å². The van der Waals surface area contributed by atoms with Crippen LogP contribution >= 0.6 is 0 Å². The Hall–Kier alpha value is -2.21. The number of nitrogens with zero attached hydrogens (tertiary/aromatic N) is 1. The van der Waals surface area contributed by atoms with Crippen molar-refractivity contribution >= 4 is 5.96 Å². The third-order valence-electron chi connectivity index (χ3n) is 4.84. The molecule has 6 heteroatoms. The van der Waals surface area contributed by atoms with Gasteiger partial charge in [0.15, 0.2) is 5.96 Å². The first kappa shape index (κ1) is 19.5. The van der Waals surface area contributed by atoms with Gasteiger partial charge < -0.3 is 24.8 Å². The normalized spacial score (nSPS) is 19.1. The van der Waals surface area contributed by atoms with Crippen LogP contribution in [0, 0.1) is 0 Å². The first-order chi connectivity index (χ1) is 13.2. The van der Waals surface area contributed by atoms with E-state index in [-0.39, 0.29) is 6.10 Å². The Bertz CT molecular complexity index is 700. The molecule has 1 aromatic carbocycles. The lowest BCUT2D eigenvalue weighted by molar-refractivity contribution is 0.153. The molecule has 3 rings (SSSR count). The predicted molar refractivity (Wildman–Crippen MR) is 108 cm³/mol. The third kappa shape index (κ3) is 5.39. The Morgan fingerprint density at radius 1 is 1.33 bits per heavy atom. The molecule has 148 valence electrons. The second-order valence-electron chi connectivity index (χ2n) is 6.92. The first-order valence-corrected chi connectivity index (χ1v) is 9.85. The molecule has 0 fully saturated rings. The largest absolute Gasteiger partial charge is 0.494 e. The summed E-state index contributed by atoms with van der Waals surface area (Å²) >= 11 is 0. The zero-order chi connectivity index (χ0) is 19.1. The zero-order valence-electron chi connectivity index (χ0n) is 16.6. The van der Waals surface area contributed by atoms with Crippen molar-refractivity contribution < 1.29 is 14.2 Å². The van der Waals surface area contributed by atoms with Crippen molar-refractivity contribution in [1.29, 1.82) is 0 Å².